The van der Waals surface area contributed by atoms with Gasteiger partial charge in [0, 0.05) is 32.7 Å². The van der Waals surface area contributed by atoms with E-state index in [2.05, 4.69) is 5.32 Å². The van der Waals surface area contributed by atoms with E-state index >= 15 is 0 Å². The van der Waals surface area contributed by atoms with Crippen molar-refractivity contribution in [2.45, 2.75) is 18.3 Å². The van der Waals surface area contributed by atoms with Gasteiger partial charge in [0.05, 0.1) is 18.4 Å². The number of carbonyl (C=O) groups excluding carboxylic acids is 2. The third kappa shape index (κ3) is 2.75. The van der Waals surface area contributed by atoms with Crippen molar-refractivity contribution in [3.63, 3.8) is 0 Å². The van der Waals surface area contributed by atoms with Crippen LogP contribution in [0.4, 0.5) is 0 Å². The highest BCUT2D eigenvalue weighted by molar-refractivity contribution is 5.92. The van der Waals surface area contributed by atoms with E-state index < -0.39 is 5.41 Å². The number of carbonyl (C=O) groups is 2. The Hall–Kier alpha value is -2.08. The molecule has 1 saturated heterocycles. The smallest absolute Gasteiger partial charge is 0.233 e. The van der Waals surface area contributed by atoms with Gasteiger partial charge in [0.2, 0.25) is 11.8 Å². The van der Waals surface area contributed by atoms with Crippen molar-refractivity contribution in [1.82, 2.24) is 10.2 Å². The molecule has 6 heteroatoms. The Morgan fingerprint density at radius 1 is 1.29 bits per heavy atom. The van der Waals surface area contributed by atoms with Crippen molar-refractivity contribution in [2.24, 2.45) is 11.8 Å². The van der Waals surface area contributed by atoms with E-state index in [-0.39, 0.29) is 30.3 Å². The number of amides is 2. The number of nitrogens with zero attached hydrogens (tertiary/aromatic N) is 1. The minimum Gasteiger partial charge on any atom is -0.497 e. The molecule has 0 spiro atoms. The maximum atomic E-state index is 13.1. The van der Waals surface area contributed by atoms with Crippen LogP contribution in [0.1, 0.15) is 18.4 Å². The first-order valence-corrected chi connectivity index (χ1v) is 8.32. The van der Waals surface area contributed by atoms with Gasteiger partial charge in [-0.15, -0.1) is 0 Å². The van der Waals surface area contributed by atoms with E-state index in [1.54, 1.807) is 19.1 Å². The molecule has 24 heavy (non-hydrogen) atoms. The summed E-state index contributed by atoms with van der Waals surface area (Å²) in [6.07, 6.45) is 1.65. The first kappa shape index (κ1) is 16.8. The molecule has 6 nitrogen and oxygen atoms in total. The number of methoxy groups -OCH3 is 1. The number of hydrogen-bond acceptors (Lipinski definition) is 4. The molecule has 1 heterocycles. The largest absolute Gasteiger partial charge is 0.497 e. The van der Waals surface area contributed by atoms with Crippen LogP contribution in [-0.4, -0.2) is 55.7 Å². The van der Waals surface area contributed by atoms with Crippen LogP contribution < -0.4 is 10.1 Å². The molecule has 0 bridgehead atoms. The number of nitrogens with one attached hydrogen (secondary N) is 1. The maximum absolute atomic E-state index is 13.1. The topological polar surface area (TPSA) is 78.9 Å². The SMILES string of the molecule is CNC(=O)[C@@H]1CN(C(=O)C2(c3ccc(OC)cc3)CC2)C[C@H]1CO. The molecule has 1 saturated carbocycles. The molecule has 1 aromatic carbocycles. The van der Waals surface area contributed by atoms with Crippen molar-refractivity contribution in [3.8, 4) is 5.75 Å². The Morgan fingerprint density at radius 3 is 2.46 bits per heavy atom. The molecule has 0 aromatic heterocycles. The zero-order valence-electron chi connectivity index (χ0n) is 14.1. The van der Waals surface area contributed by atoms with Crippen molar-refractivity contribution >= 4 is 11.8 Å². The monoisotopic (exact) mass is 332 g/mol. The summed E-state index contributed by atoms with van der Waals surface area (Å²) in [5, 5.41) is 12.2. The summed E-state index contributed by atoms with van der Waals surface area (Å²) in [4.78, 5) is 26.8. The summed E-state index contributed by atoms with van der Waals surface area (Å²) in [5.41, 5.74) is 0.529. The summed E-state index contributed by atoms with van der Waals surface area (Å²) < 4.78 is 5.18. The van der Waals surface area contributed by atoms with Crippen LogP contribution in [0.2, 0.25) is 0 Å². The fourth-order valence-corrected chi connectivity index (χ4v) is 3.67. The van der Waals surface area contributed by atoms with Gasteiger partial charge in [0.25, 0.3) is 0 Å². The van der Waals surface area contributed by atoms with Gasteiger partial charge in [-0.25, -0.2) is 0 Å². The fourth-order valence-electron chi connectivity index (χ4n) is 3.67. The summed E-state index contributed by atoms with van der Waals surface area (Å²) >= 11 is 0. The average molecular weight is 332 g/mol. The summed E-state index contributed by atoms with van der Waals surface area (Å²) in [7, 11) is 3.20. The van der Waals surface area contributed by atoms with Gasteiger partial charge in [-0.1, -0.05) is 12.1 Å². The third-order valence-corrected chi connectivity index (χ3v) is 5.35. The fraction of sp³-hybridized carbons (Fsp3) is 0.556. The Labute approximate surface area is 141 Å². The molecule has 0 unspecified atom stereocenters. The van der Waals surface area contributed by atoms with Crippen molar-refractivity contribution in [3.05, 3.63) is 29.8 Å². The second-order valence-corrected chi connectivity index (χ2v) is 6.68. The molecule has 2 atom stereocenters. The van der Waals surface area contributed by atoms with Crippen LogP contribution in [0, 0.1) is 11.8 Å². The molecule has 3 rings (SSSR count). The van der Waals surface area contributed by atoms with E-state index in [1.807, 2.05) is 24.3 Å². The standard InChI is InChI=1S/C18H24N2O4/c1-19-16(22)15-10-20(9-12(15)11-21)17(23)18(7-8-18)13-3-5-14(24-2)6-4-13/h3-6,12,15,21H,7-11H2,1-2H3,(H,19,22)/t12-,15+/m0/s1. The lowest BCUT2D eigenvalue weighted by atomic mass is 9.94. The van der Waals surface area contributed by atoms with Crippen LogP contribution in [0.25, 0.3) is 0 Å². The number of aliphatic hydroxyl groups excluding tert-OH is 1. The molecule has 0 radical (unpaired) electrons. The zero-order chi connectivity index (χ0) is 17.3. The van der Waals surface area contributed by atoms with Gasteiger partial charge in [-0.05, 0) is 30.5 Å². The van der Waals surface area contributed by atoms with E-state index in [1.165, 1.54) is 0 Å². The van der Waals surface area contributed by atoms with E-state index in [4.69, 9.17) is 4.74 Å². The Kier molecular flexibility index (Phi) is 4.49. The maximum Gasteiger partial charge on any atom is 0.233 e. The number of aliphatic hydroxyl groups is 1. The van der Waals surface area contributed by atoms with E-state index in [0.29, 0.717) is 13.1 Å². The minimum atomic E-state index is -0.468. The predicted octanol–water partition coefficient (Wildman–Crippen LogP) is 0.540. The predicted molar refractivity (Wildman–Crippen MR) is 88.6 cm³/mol. The van der Waals surface area contributed by atoms with Gasteiger partial charge in [0.1, 0.15) is 5.75 Å². The van der Waals surface area contributed by atoms with Gasteiger partial charge in [-0.2, -0.15) is 0 Å². The molecule has 1 aliphatic carbocycles. The highest BCUT2D eigenvalue weighted by Crippen LogP contribution is 2.50. The molecule has 1 aliphatic heterocycles. The number of hydrogen-bond donors (Lipinski definition) is 2. The molecule has 2 aliphatic rings. The lowest BCUT2D eigenvalue weighted by Gasteiger charge is -2.23. The molecular weight excluding hydrogens is 308 g/mol. The number of ether oxygens (including phenoxy) is 1. The van der Waals surface area contributed by atoms with Crippen molar-refractivity contribution in [2.75, 3.05) is 33.9 Å². The number of benzene rings is 1. The van der Waals surface area contributed by atoms with Gasteiger partial charge >= 0.3 is 0 Å². The van der Waals surface area contributed by atoms with E-state index in [9.17, 15) is 14.7 Å². The number of rotatable bonds is 5. The molecule has 1 aromatic rings. The molecule has 2 N–H and O–H groups in total. The molecule has 130 valence electrons. The number of likely N-dealkylation sites (tertiary alicyclic amines) is 1. The average Bonchev–Trinajstić information content (AvgIpc) is 3.33. The Bertz CT molecular complexity index is 624. The van der Waals surface area contributed by atoms with Crippen LogP contribution in [0.5, 0.6) is 5.75 Å². The van der Waals surface area contributed by atoms with Gasteiger partial charge in [-0.3, -0.25) is 9.59 Å². The van der Waals surface area contributed by atoms with Crippen LogP contribution >= 0.6 is 0 Å². The third-order valence-electron chi connectivity index (χ3n) is 5.35. The normalized spacial score (nSPS) is 24.5. The van der Waals surface area contributed by atoms with Crippen LogP contribution in [0.15, 0.2) is 24.3 Å². The second-order valence-electron chi connectivity index (χ2n) is 6.68. The Morgan fingerprint density at radius 2 is 1.96 bits per heavy atom. The van der Waals surface area contributed by atoms with Crippen LogP contribution in [-0.2, 0) is 15.0 Å². The molecule has 2 fully saturated rings. The second kappa shape index (κ2) is 6.43. The Balaban J connectivity index is 1.77. The lowest BCUT2D eigenvalue weighted by molar-refractivity contribution is -0.133. The highest BCUT2D eigenvalue weighted by atomic mass is 16.5. The molecular formula is C18H24N2O4. The van der Waals surface area contributed by atoms with Crippen molar-refractivity contribution in [1.29, 1.82) is 0 Å². The summed E-state index contributed by atoms with van der Waals surface area (Å²) in [5.74, 6) is 0.190. The van der Waals surface area contributed by atoms with Gasteiger partial charge in [0.15, 0.2) is 0 Å². The summed E-state index contributed by atoms with van der Waals surface area (Å²) in [6.45, 7) is 0.727. The zero-order valence-corrected chi connectivity index (χ0v) is 14.1. The van der Waals surface area contributed by atoms with E-state index in [0.717, 1.165) is 24.2 Å². The highest BCUT2D eigenvalue weighted by Gasteiger charge is 2.55. The van der Waals surface area contributed by atoms with Gasteiger partial charge < -0.3 is 20.1 Å². The quantitative estimate of drug-likeness (QED) is 0.825. The first-order valence-electron chi connectivity index (χ1n) is 8.32. The van der Waals surface area contributed by atoms with Crippen molar-refractivity contribution < 1.29 is 19.4 Å². The van der Waals surface area contributed by atoms with Crippen LogP contribution in [0.3, 0.4) is 0 Å². The summed E-state index contributed by atoms with van der Waals surface area (Å²) in [6, 6.07) is 7.63. The first-order chi connectivity index (χ1) is 11.6. The lowest BCUT2D eigenvalue weighted by Crippen LogP contribution is -2.39. The molecule has 2 amide bonds. The minimum absolute atomic E-state index is 0.0671.